The van der Waals surface area contributed by atoms with Crippen LogP contribution in [0.5, 0.6) is 0 Å². The molecular weight excluding hydrogens is 194 g/mol. The Balaban J connectivity index is 1.89. The molecule has 3 aliphatic heterocycles. The van der Waals surface area contributed by atoms with Crippen molar-refractivity contribution in [2.45, 2.75) is 51.4 Å². The quantitative estimate of drug-likeness (QED) is 0.615. The van der Waals surface area contributed by atoms with Gasteiger partial charge in [-0.2, -0.15) is 0 Å². The molecule has 4 nitrogen and oxygen atoms in total. The van der Waals surface area contributed by atoms with E-state index in [4.69, 9.17) is 9.47 Å². The second-order valence-electron chi connectivity index (χ2n) is 5.33. The van der Waals surface area contributed by atoms with Crippen molar-refractivity contribution in [1.82, 2.24) is 4.90 Å². The molecule has 0 aliphatic carbocycles. The molecule has 2 unspecified atom stereocenters. The van der Waals surface area contributed by atoms with Crippen molar-refractivity contribution in [3.05, 3.63) is 0 Å². The lowest BCUT2D eigenvalue weighted by atomic mass is 10.0. The number of ether oxygens (including phenoxy) is 2. The summed E-state index contributed by atoms with van der Waals surface area (Å²) in [5.41, 5.74) is -0.410. The summed E-state index contributed by atoms with van der Waals surface area (Å²) in [5.74, 6) is 0. The number of hydrogen-bond acceptors (Lipinski definition) is 3. The molecule has 15 heavy (non-hydrogen) atoms. The minimum absolute atomic E-state index is 0.210. The summed E-state index contributed by atoms with van der Waals surface area (Å²) in [6.45, 7) is 7.11. The first-order chi connectivity index (χ1) is 6.94. The van der Waals surface area contributed by atoms with E-state index in [1.54, 1.807) is 4.90 Å². The van der Waals surface area contributed by atoms with E-state index in [2.05, 4.69) is 0 Å². The maximum Gasteiger partial charge on any atom is 0.410 e. The van der Waals surface area contributed by atoms with E-state index in [1.807, 2.05) is 20.8 Å². The average molecular weight is 213 g/mol. The van der Waals surface area contributed by atoms with Gasteiger partial charge >= 0.3 is 6.09 Å². The normalized spacial score (nSPS) is 30.5. The molecule has 0 aromatic rings. The molecule has 86 valence electrons. The van der Waals surface area contributed by atoms with Gasteiger partial charge in [0.05, 0.1) is 18.8 Å². The SMILES string of the molecule is CC(C)(C)OC(=O)N1CCC2CC(C1)O2. The lowest BCUT2D eigenvalue weighted by molar-refractivity contribution is -0.115. The maximum atomic E-state index is 11.8. The van der Waals surface area contributed by atoms with E-state index in [0.29, 0.717) is 12.6 Å². The van der Waals surface area contributed by atoms with E-state index < -0.39 is 5.60 Å². The van der Waals surface area contributed by atoms with Crippen molar-refractivity contribution in [3.63, 3.8) is 0 Å². The summed E-state index contributed by atoms with van der Waals surface area (Å²) in [6, 6.07) is 0. The highest BCUT2D eigenvalue weighted by Crippen LogP contribution is 2.28. The van der Waals surface area contributed by atoms with E-state index in [-0.39, 0.29) is 12.2 Å². The first kappa shape index (κ1) is 10.7. The largest absolute Gasteiger partial charge is 0.444 e. The smallest absolute Gasteiger partial charge is 0.410 e. The molecule has 3 saturated heterocycles. The molecule has 0 N–H and O–H groups in total. The van der Waals surface area contributed by atoms with Gasteiger partial charge < -0.3 is 14.4 Å². The van der Waals surface area contributed by atoms with E-state index in [9.17, 15) is 4.79 Å². The highest BCUT2D eigenvalue weighted by atomic mass is 16.6. The van der Waals surface area contributed by atoms with Crippen LogP contribution >= 0.6 is 0 Å². The second-order valence-corrected chi connectivity index (χ2v) is 5.33. The molecule has 4 heteroatoms. The fourth-order valence-corrected chi connectivity index (χ4v) is 1.99. The average Bonchev–Trinajstić information content (AvgIpc) is 2.29. The number of nitrogens with zero attached hydrogens (tertiary/aromatic N) is 1. The van der Waals surface area contributed by atoms with Crippen LogP contribution in [0.2, 0.25) is 0 Å². The number of carbonyl (C=O) groups excluding carboxylic acids is 1. The zero-order chi connectivity index (χ0) is 11.1. The topological polar surface area (TPSA) is 38.8 Å². The van der Waals surface area contributed by atoms with Crippen molar-refractivity contribution in [1.29, 1.82) is 0 Å². The van der Waals surface area contributed by atoms with Gasteiger partial charge in [-0.3, -0.25) is 0 Å². The van der Waals surface area contributed by atoms with Crippen LogP contribution in [-0.2, 0) is 9.47 Å². The molecule has 3 aliphatic rings. The zero-order valence-corrected chi connectivity index (χ0v) is 9.66. The van der Waals surface area contributed by atoms with Gasteiger partial charge in [-0.05, 0) is 27.2 Å². The predicted molar refractivity (Wildman–Crippen MR) is 55.7 cm³/mol. The van der Waals surface area contributed by atoms with Crippen LogP contribution in [-0.4, -0.2) is 41.9 Å². The summed E-state index contributed by atoms with van der Waals surface area (Å²) in [5, 5.41) is 0. The summed E-state index contributed by atoms with van der Waals surface area (Å²) < 4.78 is 10.9. The number of amides is 1. The lowest BCUT2D eigenvalue weighted by Gasteiger charge is -2.33. The minimum Gasteiger partial charge on any atom is -0.444 e. The Kier molecular flexibility index (Phi) is 2.63. The molecule has 3 fully saturated rings. The van der Waals surface area contributed by atoms with Crippen molar-refractivity contribution in [3.8, 4) is 0 Å². The van der Waals surface area contributed by atoms with Crippen LogP contribution in [0.3, 0.4) is 0 Å². The van der Waals surface area contributed by atoms with Crippen LogP contribution in [0.15, 0.2) is 0 Å². The molecule has 0 aromatic heterocycles. The maximum absolute atomic E-state index is 11.8. The van der Waals surface area contributed by atoms with Gasteiger partial charge in [-0.15, -0.1) is 0 Å². The van der Waals surface area contributed by atoms with Crippen LogP contribution in [0.1, 0.15) is 33.6 Å². The van der Waals surface area contributed by atoms with Gasteiger partial charge in [0.25, 0.3) is 0 Å². The molecule has 0 saturated carbocycles. The van der Waals surface area contributed by atoms with Crippen molar-refractivity contribution in [2.24, 2.45) is 0 Å². The van der Waals surface area contributed by atoms with Crippen LogP contribution < -0.4 is 0 Å². The highest BCUT2D eigenvalue weighted by Gasteiger charge is 2.37. The lowest BCUT2D eigenvalue weighted by Crippen LogP contribution is -2.43. The summed E-state index contributed by atoms with van der Waals surface area (Å²) in [7, 11) is 0. The monoisotopic (exact) mass is 213 g/mol. The molecule has 2 atom stereocenters. The molecule has 0 aromatic carbocycles. The summed E-state index contributed by atoms with van der Waals surface area (Å²) >= 11 is 0. The Morgan fingerprint density at radius 1 is 1.40 bits per heavy atom. The molecular formula is C11H19NO3. The number of carbonyl (C=O) groups is 1. The second kappa shape index (κ2) is 3.67. The first-order valence-electron chi connectivity index (χ1n) is 5.57. The Bertz CT molecular complexity index is 253. The fraction of sp³-hybridized carbons (Fsp3) is 0.909. The standard InChI is InChI=1S/C11H19NO3/c1-11(2,3)15-10(13)12-5-4-8-6-9(7-12)14-8/h8-9H,4-7H2,1-3H3. The van der Waals surface area contributed by atoms with Crippen molar-refractivity contribution < 1.29 is 14.3 Å². The molecule has 3 heterocycles. The Morgan fingerprint density at radius 2 is 2.07 bits per heavy atom. The molecule has 0 radical (unpaired) electrons. The van der Waals surface area contributed by atoms with Crippen LogP contribution in [0.4, 0.5) is 4.79 Å². The summed E-state index contributed by atoms with van der Waals surface area (Å²) in [4.78, 5) is 13.5. The van der Waals surface area contributed by atoms with Gasteiger partial charge in [0.15, 0.2) is 0 Å². The minimum atomic E-state index is -0.410. The van der Waals surface area contributed by atoms with Gasteiger partial charge in [0.1, 0.15) is 5.60 Å². The zero-order valence-electron chi connectivity index (χ0n) is 9.66. The third-order valence-corrected chi connectivity index (χ3v) is 2.71. The van der Waals surface area contributed by atoms with Crippen LogP contribution in [0.25, 0.3) is 0 Å². The van der Waals surface area contributed by atoms with Gasteiger partial charge in [-0.25, -0.2) is 4.79 Å². The predicted octanol–water partition coefficient (Wildman–Crippen LogP) is 1.78. The van der Waals surface area contributed by atoms with Gasteiger partial charge in [0.2, 0.25) is 0 Å². The third kappa shape index (κ3) is 2.62. The first-order valence-corrected chi connectivity index (χ1v) is 5.57. The number of fused-ring (bicyclic) bond motifs is 3. The molecule has 1 amide bonds. The number of rotatable bonds is 0. The molecule has 0 spiro atoms. The third-order valence-electron chi connectivity index (χ3n) is 2.71. The molecule has 2 bridgehead atoms. The van der Waals surface area contributed by atoms with E-state index in [0.717, 1.165) is 19.4 Å². The highest BCUT2D eigenvalue weighted by molar-refractivity contribution is 5.68. The molecule has 3 rings (SSSR count). The Morgan fingerprint density at radius 3 is 2.67 bits per heavy atom. The Labute approximate surface area is 90.5 Å². The summed E-state index contributed by atoms with van der Waals surface area (Å²) in [6.07, 6.45) is 2.45. The van der Waals surface area contributed by atoms with E-state index >= 15 is 0 Å². The van der Waals surface area contributed by atoms with Gasteiger partial charge in [-0.1, -0.05) is 0 Å². The Hall–Kier alpha value is -0.770. The number of hydrogen-bond donors (Lipinski definition) is 0. The van der Waals surface area contributed by atoms with E-state index in [1.165, 1.54) is 0 Å². The van der Waals surface area contributed by atoms with Crippen molar-refractivity contribution >= 4 is 6.09 Å². The fourth-order valence-electron chi connectivity index (χ4n) is 1.99. The van der Waals surface area contributed by atoms with Crippen molar-refractivity contribution in [2.75, 3.05) is 13.1 Å². The van der Waals surface area contributed by atoms with Crippen LogP contribution in [0, 0.1) is 0 Å². The van der Waals surface area contributed by atoms with Gasteiger partial charge in [0, 0.05) is 13.0 Å².